The zero-order chi connectivity index (χ0) is 13.3. The molecule has 0 saturated carbocycles. The quantitative estimate of drug-likeness (QED) is 0.462. The molecule has 2 aliphatic heterocycles. The van der Waals surface area contributed by atoms with E-state index >= 15 is 0 Å². The molecule has 0 aromatic heterocycles. The van der Waals surface area contributed by atoms with Crippen LogP contribution in [-0.2, 0) is 14.6 Å². The van der Waals surface area contributed by atoms with Crippen LogP contribution in [0.15, 0.2) is 0 Å². The Hall–Kier alpha value is -1.31. The molecule has 2 saturated heterocycles. The van der Waals surface area contributed by atoms with E-state index in [9.17, 15) is 18.0 Å². The molecular formula is C10H16N2O5S. The smallest absolute Gasteiger partial charge is 0.315 e. The fraction of sp³-hybridized carbons (Fsp3) is 0.800. The number of rotatable bonds is 5. The summed E-state index contributed by atoms with van der Waals surface area (Å²) in [6.45, 7) is 0. The molecule has 2 rings (SSSR count). The number of carboxylic acid groups (broad SMARTS) is 1. The van der Waals surface area contributed by atoms with Crippen molar-refractivity contribution >= 4 is 21.8 Å². The fourth-order valence-corrected chi connectivity index (χ4v) is 4.90. The summed E-state index contributed by atoms with van der Waals surface area (Å²) >= 11 is 0. The molecule has 0 aromatic carbocycles. The summed E-state index contributed by atoms with van der Waals surface area (Å²) in [4.78, 5) is 21.5. The number of amides is 2. The number of carbonyl (C=O) groups is 2. The number of urea groups is 1. The van der Waals surface area contributed by atoms with Crippen LogP contribution in [0.5, 0.6) is 0 Å². The highest BCUT2D eigenvalue weighted by atomic mass is 32.2. The lowest BCUT2D eigenvalue weighted by Crippen LogP contribution is -2.39. The molecule has 0 bridgehead atoms. The van der Waals surface area contributed by atoms with Gasteiger partial charge in [-0.15, -0.1) is 0 Å². The number of unbranched alkanes of at least 4 members (excludes halogenated alkanes) is 1. The maximum Gasteiger partial charge on any atom is 0.315 e. The van der Waals surface area contributed by atoms with Crippen molar-refractivity contribution < 1.29 is 23.1 Å². The third-order valence-corrected chi connectivity index (χ3v) is 5.73. The van der Waals surface area contributed by atoms with Crippen LogP contribution in [0, 0.1) is 0 Å². The highest BCUT2D eigenvalue weighted by molar-refractivity contribution is 7.92. The van der Waals surface area contributed by atoms with Gasteiger partial charge in [-0.1, -0.05) is 6.42 Å². The first kappa shape index (κ1) is 13.1. The molecule has 0 spiro atoms. The van der Waals surface area contributed by atoms with Crippen LogP contribution in [0.1, 0.15) is 25.7 Å². The van der Waals surface area contributed by atoms with Gasteiger partial charge in [-0.05, 0) is 12.8 Å². The molecule has 0 aliphatic carbocycles. The van der Waals surface area contributed by atoms with Gasteiger partial charge in [-0.2, -0.15) is 0 Å². The van der Waals surface area contributed by atoms with E-state index in [1.807, 2.05) is 0 Å². The van der Waals surface area contributed by atoms with Crippen molar-refractivity contribution in [2.75, 3.05) is 5.75 Å². The van der Waals surface area contributed by atoms with Crippen LogP contribution in [-0.4, -0.2) is 48.6 Å². The molecule has 2 amide bonds. The standard InChI is InChI=1S/C10H16N2O5S/c13-8(14)4-2-1-3-7-9-6(5-18(7,16)17)11-10(15)12-9/h6-7,9H,1-5H2,(H,13,14)(H2,11,12,15). The summed E-state index contributed by atoms with van der Waals surface area (Å²) in [7, 11) is -3.20. The summed E-state index contributed by atoms with van der Waals surface area (Å²) in [5.41, 5.74) is 0. The number of carboxylic acids is 1. The van der Waals surface area contributed by atoms with E-state index in [1.54, 1.807) is 0 Å². The lowest BCUT2D eigenvalue weighted by atomic mass is 10.0. The third-order valence-electron chi connectivity index (χ3n) is 3.45. The van der Waals surface area contributed by atoms with Crippen molar-refractivity contribution in [3.8, 4) is 0 Å². The molecule has 3 unspecified atom stereocenters. The average Bonchev–Trinajstić information content (AvgIpc) is 2.66. The van der Waals surface area contributed by atoms with Crippen LogP contribution in [0.2, 0.25) is 0 Å². The van der Waals surface area contributed by atoms with E-state index in [1.165, 1.54) is 0 Å². The molecule has 3 atom stereocenters. The van der Waals surface area contributed by atoms with Crippen LogP contribution in [0.25, 0.3) is 0 Å². The molecule has 0 aromatic rings. The number of nitrogens with one attached hydrogen (secondary N) is 2. The van der Waals surface area contributed by atoms with E-state index in [0.29, 0.717) is 19.3 Å². The van der Waals surface area contributed by atoms with Crippen LogP contribution >= 0.6 is 0 Å². The van der Waals surface area contributed by atoms with Crippen molar-refractivity contribution in [1.82, 2.24) is 10.6 Å². The number of sulfone groups is 1. The average molecular weight is 276 g/mol. The van der Waals surface area contributed by atoms with Crippen molar-refractivity contribution in [3.05, 3.63) is 0 Å². The Morgan fingerprint density at radius 1 is 1.33 bits per heavy atom. The zero-order valence-electron chi connectivity index (χ0n) is 9.76. The Morgan fingerprint density at radius 3 is 2.72 bits per heavy atom. The highest BCUT2D eigenvalue weighted by Gasteiger charge is 2.51. The molecular weight excluding hydrogens is 260 g/mol. The van der Waals surface area contributed by atoms with Gasteiger partial charge in [-0.25, -0.2) is 13.2 Å². The van der Waals surface area contributed by atoms with Crippen LogP contribution in [0.4, 0.5) is 4.79 Å². The predicted molar refractivity (Wildman–Crippen MR) is 62.9 cm³/mol. The molecule has 2 heterocycles. The van der Waals surface area contributed by atoms with E-state index in [-0.39, 0.29) is 30.3 Å². The van der Waals surface area contributed by atoms with E-state index in [2.05, 4.69) is 10.6 Å². The Kier molecular flexibility index (Phi) is 3.47. The number of hydrogen-bond donors (Lipinski definition) is 3. The SMILES string of the molecule is O=C(O)CCCCC1C2NC(=O)NC2CS1(=O)=O. The summed E-state index contributed by atoms with van der Waals surface area (Å²) < 4.78 is 23.8. The first-order chi connectivity index (χ1) is 8.40. The van der Waals surface area contributed by atoms with E-state index < -0.39 is 21.1 Å². The Balaban J connectivity index is 1.93. The molecule has 2 aliphatic rings. The third kappa shape index (κ3) is 2.58. The number of aliphatic carboxylic acids is 1. The minimum Gasteiger partial charge on any atom is -0.481 e. The van der Waals surface area contributed by atoms with Crippen molar-refractivity contribution in [2.24, 2.45) is 0 Å². The van der Waals surface area contributed by atoms with Gasteiger partial charge in [0.05, 0.1) is 23.1 Å². The molecule has 102 valence electrons. The molecule has 2 fully saturated rings. The van der Waals surface area contributed by atoms with Crippen LogP contribution in [0.3, 0.4) is 0 Å². The fourth-order valence-electron chi connectivity index (χ4n) is 2.63. The second-order valence-corrected chi connectivity index (χ2v) is 7.02. The van der Waals surface area contributed by atoms with Gasteiger partial charge >= 0.3 is 12.0 Å². The monoisotopic (exact) mass is 276 g/mol. The highest BCUT2D eigenvalue weighted by Crippen LogP contribution is 2.28. The van der Waals surface area contributed by atoms with Gasteiger partial charge in [0.15, 0.2) is 9.84 Å². The second-order valence-electron chi connectivity index (χ2n) is 4.76. The molecule has 3 N–H and O–H groups in total. The first-order valence-corrected chi connectivity index (χ1v) is 7.62. The van der Waals surface area contributed by atoms with Gasteiger partial charge < -0.3 is 15.7 Å². The summed E-state index contributed by atoms with van der Waals surface area (Å²) in [5.74, 6) is -0.905. The van der Waals surface area contributed by atoms with Gasteiger partial charge in [0.25, 0.3) is 0 Å². The Bertz CT molecular complexity index is 461. The molecule has 8 heteroatoms. The summed E-state index contributed by atoms with van der Waals surface area (Å²) in [6, 6.07) is -1.03. The maximum atomic E-state index is 11.9. The van der Waals surface area contributed by atoms with Gasteiger partial charge in [0, 0.05) is 6.42 Å². The van der Waals surface area contributed by atoms with E-state index in [0.717, 1.165) is 0 Å². The van der Waals surface area contributed by atoms with Gasteiger partial charge in [0.2, 0.25) is 0 Å². The summed E-state index contributed by atoms with van der Waals surface area (Å²) in [5, 5.41) is 13.1. The normalized spacial score (nSPS) is 32.7. The van der Waals surface area contributed by atoms with Crippen molar-refractivity contribution in [1.29, 1.82) is 0 Å². The minimum absolute atomic E-state index is 0.0278. The maximum absolute atomic E-state index is 11.9. The minimum atomic E-state index is -3.20. The van der Waals surface area contributed by atoms with Gasteiger partial charge in [0.1, 0.15) is 0 Å². The lowest BCUT2D eigenvalue weighted by molar-refractivity contribution is -0.137. The topological polar surface area (TPSA) is 113 Å². The first-order valence-electron chi connectivity index (χ1n) is 5.90. The summed E-state index contributed by atoms with van der Waals surface area (Å²) in [6.07, 6.45) is 1.44. The van der Waals surface area contributed by atoms with Crippen molar-refractivity contribution in [3.63, 3.8) is 0 Å². The van der Waals surface area contributed by atoms with Crippen molar-refractivity contribution in [2.45, 2.75) is 43.0 Å². The van der Waals surface area contributed by atoms with E-state index in [4.69, 9.17) is 5.11 Å². The number of hydrogen-bond acceptors (Lipinski definition) is 4. The molecule has 0 radical (unpaired) electrons. The number of fused-ring (bicyclic) bond motifs is 1. The Morgan fingerprint density at radius 2 is 2.06 bits per heavy atom. The second kappa shape index (κ2) is 4.75. The largest absolute Gasteiger partial charge is 0.481 e. The molecule has 18 heavy (non-hydrogen) atoms. The molecule has 7 nitrogen and oxygen atoms in total. The number of carbonyl (C=O) groups excluding carboxylic acids is 1. The zero-order valence-corrected chi connectivity index (χ0v) is 10.6. The lowest BCUT2D eigenvalue weighted by Gasteiger charge is -2.15. The predicted octanol–water partition coefficient (Wildman–Crippen LogP) is -0.522. The van der Waals surface area contributed by atoms with Gasteiger partial charge in [-0.3, -0.25) is 4.79 Å². The van der Waals surface area contributed by atoms with Crippen LogP contribution < -0.4 is 10.6 Å². The Labute approximate surface area is 105 Å².